The van der Waals surface area contributed by atoms with Crippen LogP contribution in [0.2, 0.25) is 0 Å². The van der Waals surface area contributed by atoms with Crippen LogP contribution in [-0.2, 0) is 14.4 Å². The van der Waals surface area contributed by atoms with Gasteiger partial charge in [-0.25, -0.2) is 4.79 Å². The molecule has 0 unspecified atom stereocenters. The number of carbonyl (C=O) groups is 3. The highest BCUT2D eigenvalue weighted by molar-refractivity contribution is 8.13. The number of carboxylic acids is 1. The highest BCUT2D eigenvalue weighted by Gasteiger charge is 2.20. The molecular formula is C11H17NO4S. The highest BCUT2D eigenvalue weighted by atomic mass is 32.2. The quantitative estimate of drug-likeness (QED) is 0.640. The second-order valence-corrected chi connectivity index (χ2v) is 4.26. The smallest absolute Gasteiger partial charge is 0.326 e. The van der Waals surface area contributed by atoms with Crippen molar-refractivity contribution < 1.29 is 19.5 Å². The Morgan fingerprint density at radius 1 is 1.41 bits per heavy atom. The Hall–Kier alpha value is -1.30. The lowest BCUT2D eigenvalue weighted by atomic mass is 10.1. The standard InChI is InChI=1S/C11H17NO4S/c1-3-4-5-9(13)12-8(11(15)16)6-7-10(14)17-2/h3,8H,1,4-7H2,2H3,(H,12,13)(H,15,16)/t8-/m0/s1. The monoisotopic (exact) mass is 259 g/mol. The fourth-order valence-corrected chi connectivity index (χ4v) is 1.44. The summed E-state index contributed by atoms with van der Waals surface area (Å²) < 4.78 is 0. The van der Waals surface area contributed by atoms with Crippen LogP contribution < -0.4 is 5.32 Å². The zero-order valence-corrected chi connectivity index (χ0v) is 10.6. The van der Waals surface area contributed by atoms with Gasteiger partial charge in [-0.15, -0.1) is 6.58 Å². The Bertz CT molecular complexity index is 304. The number of aliphatic carboxylic acids is 1. The number of thioether (sulfide) groups is 1. The first kappa shape index (κ1) is 15.7. The number of nitrogens with one attached hydrogen (secondary N) is 1. The van der Waals surface area contributed by atoms with Crippen molar-refractivity contribution in [2.24, 2.45) is 0 Å². The van der Waals surface area contributed by atoms with Crippen molar-refractivity contribution >= 4 is 28.8 Å². The van der Waals surface area contributed by atoms with Crippen molar-refractivity contribution in [3.05, 3.63) is 12.7 Å². The lowest BCUT2D eigenvalue weighted by Gasteiger charge is -2.13. The number of hydrogen-bond donors (Lipinski definition) is 2. The molecule has 0 bridgehead atoms. The molecule has 96 valence electrons. The Labute approximate surface area is 105 Å². The average molecular weight is 259 g/mol. The summed E-state index contributed by atoms with van der Waals surface area (Å²) in [5.74, 6) is -1.46. The van der Waals surface area contributed by atoms with Crippen LogP contribution in [0.25, 0.3) is 0 Å². The molecule has 0 saturated carbocycles. The van der Waals surface area contributed by atoms with E-state index in [1.807, 2.05) is 0 Å². The van der Waals surface area contributed by atoms with Gasteiger partial charge in [-0.2, -0.15) is 0 Å². The van der Waals surface area contributed by atoms with Crippen LogP contribution >= 0.6 is 11.8 Å². The molecule has 0 rings (SSSR count). The molecule has 0 heterocycles. The topological polar surface area (TPSA) is 83.5 Å². The largest absolute Gasteiger partial charge is 0.480 e. The Balaban J connectivity index is 4.15. The van der Waals surface area contributed by atoms with Gasteiger partial charge in [0.15, 0.2) is 5.12 Å². The first-order chi connectivity index (χ1) is 8.01. The minimum absolute atomic E-state index is 0.0865. The molecule has 0 saturated heterocycles. The molecule has 0 aromatic heterocycles. The van der Waals surface area contributed by atoms with E-state index in [4.69, 9.17) is 5.11 Å². The van der Waals surface area contributed by atoms with Crippen molar-refractivity contribution in [2.75, 3.05) is 6.26 Å². The molecule has 6 heteroatoms. The fraction of sp³-hybridized carbons (Fsp3) is 0.545. The van der Waals surface area contributed by atoms with Crippen LogP contribution in [0.1, 0.15) is 25.7 Å². The van der Waals surface area contributed by atoms with E-state index in [9.17, 15) is 14.4 Å². The molecule has 2 N–H and O–H groups in total. The number of hydrogen-bond acceptors (Lipinski definition) is 4. The maximum absolute atomic E-state index is 11.3. The summed E-state index contributed by atoms with van der Waals surface area (Å²) in [5.41, 5.74) is 0. The Kier molecular flexibility index (Phi) is 8.13. The zero-order valence-electron chi connectivity index (χ0n) is 9.77. The fourth-order valence-electron chi connectivity index (χ4n) is 1.12. The van der Waals surface area contributed by atoms with Crippen molar-refractivity contribution in [1.29, 1.82) is 0 Å². The van der Waals surface area contributed by atoms with E-state index in [-0.39, 0.29) is 30.3 Å². The van der Waals surface area contributed by atoms with E-state index in [1.54, 1.807) is 12.3 Å². The van der Waals surface area contributed by atoms with Crippen molar-refractivity contribution in [2.45, 2.75) is 31.7 Å². The van der Waals surface area contributed by atoms with Gasteiger partial charge in [0.2, 0.25) is 5.91 Å². The molecule has 0 aromatic rings. The van der Waals surface area contributed by atoms with Gasteiger partial charge in [0.05, 0.1) is 0 Å². The summed E-state index contributed by atoms with van der Waals surface area (Å²) in [5, 5.41) is 11.2. The lowest BCUT2D eigenvalue weighted by molar-refractivity contribution is -0.142. The number of rotatable bonds is 8. The molecule has 0 spiro atoms. The summed E-state index contributed by atoms with van der Waals surface area (Å²) in [6.45, 7) is 3.47. The molecule has 0 aliphatic rings. The van der Waals surface area contributed by atoms with Gasteiger partial charge in [0.1, 0.15) is 6.04 Å². The molecule has 1 atom stereocenters. The van der Waals surface area contributed by atoms with Gasteiger partial charge in [0.25, 0.3) is 0 Å². The number of allylic oxidation sites excluding steroid dienone is 1. The molecule has 0 radical (unpaired) electrons. The summed E-state index contributed by atoms with van der Waals surface area (Å²) in [7, 11) is 0. The van der Waals surface area contributed by atoms with E-state index >= 15 is 0 Å². The summed E-state index contributed by atoms with van der Waals surface area (Å²) in [6, 6.07) is -0.997. The predicted octanol–water partition coefficient (Wildman–Crippen LogP) is 1.19. The summed E-state index contributed by atoms with van der Waals surface area (Å²) in [6.07, 6.45) is 4.20. The van der Waals surface area contributed by atoms with Crippen molar-refractivity contribution in [3.63, 3.8) is 0 Å². The van der Waals surface area contributed by atoms with Gasteiger partial charge in [0, 0.05) is 12.8 Å². The normalized spacial score (nSPS) is 11.6. The van der Waals surface area contributed by atoms with Crippen LogP contribution in [0.4, 0.5) is 0 Å². The molecular weight excluding hydrogens is 242 g/mol. The van der Waals surface area contributed by atoms with Crippen LogP contribution in [0.15, 0.2) is 12.7 Å². The third kappa shape index (κ3) is 7.57. The second-order valence-electron chi connectivity index (χ2n) is 3.40. The molecule has 0 aromatic carbocycles. The minimum Gasteiger partial charge on any atom is -0.480 e. The van der Waals surface area contributed by atoms with Gasteiger partial charge >= 0.3 is 5.97 Å². The van der Waals surface area contributed by atoms with Gasteiger partial charge in [-0.3, -0.25) is 9.59 Å². The first-order valence-corrected chi connectivity index (χ1v) is 6.43. The van der Waals surface area contributed by atoms with Crippen molar-refractivity contribution in [3.8, 4) is 0 Å². The first-order valence-electron chi connectivity index (χ1n) is 5.21. The molecule has 0 aliphatic heterocycles. The number of amides is 1. The van der Waals surface area contributed by atoms with E-state index < -0.39 is 12.0 Å². The predicted molar refractivity (Wildman–Crippen MR) is 66.8 cm³/mol. The van der Waals surface area contributed by atoms with Crippen LogP contribution in [0, 0.1) is 0 Å². The second kappa shape index (κ2) is 8.81. The molecule has 5 nitrogen and oxygen atoms in total. The molecule has 0 fully saturated rings. The Morgan fingerprint density at radius 2 is 2.06 bits per heavy atom. The zero-order chi connectivity index (χ0) is 13.3. The van der Waals surface area contributed by atoms with Crippen LogP contribution in [0.5, 0.6) is 0 Å². The number of carboxylic acid groups (broad SMARTS) is 1. The SMILES string of the molecule is C=CCCC(=O)N[C@@H](CCC(=O)SC)C(=O)O. The van der Waals surface area contributed by atoms with Crippen LogP contribution in [0.3, 0.4) is 0 Å². The van der Waals surface area contributed by atoms with Crippen molar-refractivity contribution in [1.82, 2.24) is 5.32 Å². The van der Waals surface area contributed by atoms with Gasteiger partial charge in [-0.1, -0.05) is 17.8 Å². The Morgan fingerprint density at radius 3 is 2.53 bits per heavy atom. The van der Waals surface area contributed by atoms with E-state index in [0.29, 0.717) is 6.42 Å². The van der Waals surface area contributed by atoms with E-state index in [2.05, 4.69) is 11.9 Å². The maximum Gasteiger partial charge on any atom is 0.326 e. The molecule has 17 heavy (non-hydrogen) atoms. The summed E-state index contributed by atoms with van der Waals surface area (Å²) >= 11 is 1.05. The van der Waals surface area contributed by atoms with Crippen LogP contribution in [-0.4, -0.2) is 34.4 Å². The van der Waals surface area contributed by atoms with E-state index in [1.165, 1.54) is 0 Å². The van der Waals surface area contributed by atoms with Gasteiger partial charge in [-0.05, 0) is 19.1 Å². The van der Waals surface area contributed by atoms with E-state index in [0.717, 1.165) is 11.8 Å². The van der Waals surface area contributed by atoms with Gasteiger partial charge < -0.3 is 10.4 Å². The number of carbonyl (C=O) groups excluding carboxylic acids is 2. The highest BCUT2D eigenvalue weighted by Crippen LogP contribution is 2.06. The third-order valence-electron chi connectivity index (χ3n) is 2.07. The average Bonchev–Trinajstić information content (AvgIpc) is 2.30. The molecule has 0 aliphatic carbocycles. The maximum atomic E-state index is 11.3. The third-order valence-corrected chi connectivity index (χ3v) is 2.73. The minimum atomic E-state index is -1.12. The molecule has 1 amide bonds. The summed E-state index contributed by atoms with van der Waals surface area (Å²) in [4.78, 5) is 33.2. The lowest BCUT2D eigenvalue weighted by Crippen LogP contribution is -2.40.